The predicted molar refractivity (Wildman–Crippen MR) is 95.7 cm³/mol. The molecule has 0 aromatic heterocycles. The summed E-state index contributed by atoms with van der Waals surface area (Å²) in [5, 5.41) is 10.1. The Labute approximate surface area is 135 Å². The van der Waals surface area contributed by atoms with Crippen molar-refractivity contribution in [3.8, 4) is 0 Å². The van der Waals surface area contributed by atoms with Gasteiger partial charge in [0.25, 0.3) is 0 Å². The quantitative estimate of drug-likeness (QED) is 0.677. The van der Waals surface area contributed by atoms with E-state index < -0.39 is 0 Å². The summed E-state index contributed by atoms with van der Waals surface area (Å²) in [5.41, 5.74) is 0. The lowest BCUT2D eigenvalue weighted by molar-refractivity contribution is 0.156. The van der Waals surface area contributed by atoms with Crippen LogP contribution >= 0.6 is 47.0 Å². The molecule has 0 saturated carbocycles. The minimum absolute atomic E-state index is 0.0604. The lowest BCUT2D eigenvalue weighted by Gasteiger charge is -2.23. The van der Waals surface area contributed by atoms with E-state index in [0.717, 1.165) is 17.4 Å². The van der Waals surface area contributed by atoms with E-state index in [9.17, 15) is 5.11 Å². The van der Waals surface area contributed by atoms with Crippen LogP contribution in [0.15, 0.2) is 0 Å². The fourth-order valence-corrected chi connectivity index (χ4v) is 8.38. The maximum absolute atomic E-state index is 10.1. The van der Waals surface area contributed by atoms with Crippen molar-refractivity contribution in [3.63, 3.8) is 0 Å². The topological polar surface area (TPSA) is 20.2 Å². The summed E-state index contributed by atoms with van der Waals surface area (Å²) in [4.78, 5) is 0. The van der Waals surface area contributed by atoms with Gasteiger partial charge in [-0.05, 0) is 55.1 Å². The molecule has 2 fully saturated rings. The van der Waals surface area contributed by atoms with E-state index in [-0.39, 0.29) is 6.10 Å². The molecule has 0 radical (unpaired) electrons. The van der Waals surface area contributed by atoms with Gasteiger partial charge in [0.05, 0.1) is 15.3 Å². The fraction of sp³-hybridized carbons (Fsp3) is 1.00. The summed E-state index contributed by atoms with van der Waals surface area (Å²) in [7, 11) is 0. The largest absolute Gasteiger partial charge is 0.393 e. The van der Waals surface area contributed by atoms with Gasteiger partial charge in [-0.3, -0.25) is 0 Å². The van der Waals surface area contributed by atoms with Crippen LogP contribution in [0.4, 0.5) is 0 Å². The molecule has 0 bridgehead atoms. The highest BCUT2D eigenvalue weighted by molar-refractivity contribution is 8.17. The van der Waals surface area contributed by atoms with Crippen LogP contribution in [0, 0.1) is 0 Å². The Hall–Kier alpha value is 1.36. The third-order valence-electron chi connectivity index (χ3n) is 3.48. The maximum Gasteiger partial charge on any atom is 0.0558 e. The second kappa shape index (κ2) is 10.1. The average Bonchev–Trinajstić information content (AvgIpc) is 2.46. The smallest absolute Gasteiger partial charge is 0.0558 e. The van der Waals surface area contributed by atoms with E-state index in [2.05, 4.69) is 23.5 Å². The molecule has 5 heteroatoms. The first-order chi connectivity index (χ1) is 9.34. The third-order valence-corrected chi connectivity index (χ3v) is 9.56. The highest BCUT2D eigenvalue weighted by Gasteiger charge is 2.18. The van der Waals surface area contributed by atoms with Crippen molar-refractivity contribution < 1.29 is 5.11 Å². The van der Waals surface area contributed by atoms with E-state index in [1.165, 1.54) is 55.1 Å². The minimum Gasteiger partial charge on any atom is -0.393 e. The lowest BCUT2D eigenvalue weighted by Crippen LogP contribution is -2.16. The molecule has 0 amide bonds. The number of unbranched alkanes of at least 4 members (excludes halogenated alkanes) is 1. The van der Waals surface area contributed by atoms with Gasteiger partial charge in [-0.15, -0.1) is 47.0 Å². The lowest BCUT2D eigenvalue weighted by atomic mass is 10.1. The molecule has 2 rings (SSSR count). The van der Waals surface area contributed by atoms with Gasteiger partial charge in [0, 0.05) is 0 Å². The molecule has 1 unspecified atom stereocenters. The molecule has 112 valence electrons. The zero-order chi connectivity index (χ0) is 13.3. The molecule has 1 N–H and O–H groups in total. The predicted octanol–water partition coefficient (Wildman–Crippen LogP) is 4.69. The van der Waals surface area contributed by atoms with Crippen molar-refractivity contribution in [3.05, 3.63) is 0 Å². The normalized spacial score (nSPS) is 24.5. The average molecular weight is 339 g/mol. The molecular formula is C14H26OS4. The van der Waals surface area contributed by atoms with Gasteiger partial charge in [0.1, 0.15) is 0 Å². The van der Waals surface area contributed by atoms with Crippen LogP contribution in [-0.2, 0) is 0 Å². The molecule has 0 spiro atoms. The highest BCUT2D eigenvalue weighted by Crippen LogP contribution is 2.35. The second-order valence-electron chi connectivity index (χ2n) is 5.22. The Morgan fingerprint density at radius 3 is 2.05 bits per heavy atom. The standard InChI is InChI=1S/C14H26OS4/c15-12(11-14-18-9-4-10-19-14)5-1-2-6-13-16-7-3-8-17-13/h12-15H,1-11H2. The first kappa shape index (κ1) is 16.7. The molecule has 0 aliphatic carbocycles. The van der Waals surface area contributed by atoms with E-state index in [0.29, 0.717) is 4.58 Å². The first-order valence-corrected chi connectivity index (χ1v) is 11.7. The third kappa shape index (κ3) is 7.25. The Morgan fingerprint density at radius 1 is 0.842 bits per heavy atom. The van der Waals surface area contributed by atoms with Gasteiger partial charge in [-0.1, -0.05) is 12.8 Å². The molecule has 2 saturated heterocycles. The van der Waals surface area contributed by atoms with Crippen molar-refractivity contribution >= 4 is 47.0 Å². The number of aliphatic hydroxyl groups excluding tert-OH is 1. The van der Waals surface area contributed by atoms with E-state index in [1.807, 2.05) is 23.5 Å². The number of hydrogen-bond acceptors (Lipinski definition) is 5. The zero-order valence-corrected chi connectivity index (χ0v) is 14.9. The van der Waals surface area contributed by atoms with Crippen molar-refractivity contribution in [2.75, 3.05) is 23.0 Å². The van der Waals surface area contributed by atoms with Crippen molar-refractivity contribution in [1.29, 1.82) is 0 Å². The Kier molecular flexibility index (Phi) is 8.93. The van der Waals surface area contributed by atoms with Gasteiger partial charge in [-0.2, -0.15) is 0 Å². The van der Waals surface area contributed by atoms with E-state index >= 15 is 0 Å². The highest BCUT2D eigenvalue weighted by atomic mass is 32.2. The van der Waals surface area contributed by atoms with Crippen LogP contribution < -0.4 is 0 Å². The summed E-state index contributed by atoms with van der Waals surface area (Å²) >= 11 is 8.39. The van der Waals surface area contributed by atoms with Crippen molar-refractivity contribution in [2.24, 2.45) is 0 Å². The van der Waals surface area contributed by atoms with Crippen LogP contribution in [-0.4, -0.2) is 43.4 Å². The molecule has 0 aromatic carbocycles. The zero-order valence-electron chi connectivity index (χ0n) is 11.6. The molecule has 2 heterocycles. The van der Waals surface area contributed by atoms with Gasteiger partial charge < -0.3 is 5.11 Å². The number of rotatable bonds is 7. The summed E-state index contributed by atoms with van der Waals surface area (Å²) in [5.74, 6) is 5.30. The summed E-state index contributed by atoms with van der Waals surface area (Å²) in [6.45, 7) is 0. The first-order valence-electron chi connectivity index (χ1n) is 7.49. The van der Waals surface area contributed by atoms with E-state index in [1.54, 1.807) is 0 Å². The second-order valence-corrected chi connectivity index (χ2v) is 11.1. The summed E-state index contributed by atoms with van der Waals surface area (Å²) in [6, 6.07) is 0. The van der Waals surface area contributed by atoms with Gasteiger partial charge in [-0.25, -0.2) is 0 Å². The number of hydrogen-bond donors (Lipinski definition) is 1. The van der Waals surface area contributed by atoms with Crippen LogP contribution in [0.1, 0.15) is 44.9 Å². The molecule has 0 aromatic rings. The molecule has 1 atom stereocenters. The molecule has 19 heavy (non-hydrogen) atoms. The van der Waals surface area contributed by atoms with Gasteiger partial charge in [0.2, 0.25) is 0 Å². The molecule has 2 aliphatic heterocycles. The number of aliphatic hydroxyl groups is 1. The molecule has 1 nitrogen and oxygen atoms in total. The van der Waals surface area contributed by atoms with Crippen molar-refractivity contribution in [2.45, 2.75) is 60.2 Å². The van der Waals surface area contributed by atoms with Crippen LogP contribution in [0.3, 0.4) is 0 Å². The van der Waals surface area contributed by atoms with Crippen LogP contribution in [0.2, 0.25) is 0 Å². The molecule has 2 aliphatic rings. The van der Waals surface area contributed by atoms with E-state index in [4.69, 9.17) is 0 Å². The monoisotopic (exact) mass is 338 g/mol. The van der Waals surface area contributed by atoms with Crippen molar-refractivity contribution in [1.82, 2.24) is 0 Å². The Bertz CT molecular complexity index is 227. The van der Waals surface area contributed by atoms with Gasteiger partial charge >= 0.3 is 0 Å². The Morgan fingerprint density at radius 2 is 1.42 bits per heavy atom. The van der Waals surface area contributed by atoms with Crippen LogP contribution in [0.5, 0.6) is 0 Å². The maximum atomic E-state index is 10.1. The summed E-state index contributed by atoms with van der Waals surface area (Å²) in [6.07, 6.45) is 8.54. The molecular weight excluding hydrogens is 312 g/mol. The Balaban J connectivity index is 1.47. The number of thioether (sulfide) groups is 4. The van der Waals surface area contributed by atoms with Crippen LogP contribution in [0.25, 0.3) is 0 Å². The SMILES string of the molecule is OC(CCCCC1SCCCS1)CC1SCCCS1. The minimum atomic E-state index is -0.0604. The summed E-state index contributed by atoms with van der Waals surface area (Å²) < 4.78 is 1.50. The van der Waals surface area contributed by atoms with Gasteiger partial charge in [0.15, 0.2) is 0 Å². The fourth-order valence-electron chi connectivity index (χ4n) is 2.41.